The van der Waals surface area contributed by atoms with Gasteiger partial charge in [0.25, 0.3) is 0 Å². The van der Waals surface area contributed by atoms with Crippen LogP contribution >= 0.6 is 0 Å². The van der Waals surface area contributed by atoms with Gasteiger partial charge in [-0.2, -0.15) is 0 Å². The second kappa shape index (κ2) is 12.7. The van der Waals surface area contributed by atoms with Crippen LogP contribution in [0.3, 0.4) is 0 Å². The number of fused-ring (bicyclic) bond motifs is 7. The zero-order chi connectivity index (χ0) is 38.6. The summed E-state index contributed by atoms with van der Waals surface area (Å²) in [6, 6.07) is 6.06. The molecular formula is C45H66N2O6. The van der Waals surface area contributed by atoms with Crippen molar-refractivity contribution in [2.75, 3.05) is 6.54 Å². The molecule has 8 nitrogen and oxygen atoms in total. The monoisotopic (exact) mass is 730 g/mol. The molecule has 5 fully saturated rings. The standard InChI is InChI=1S/C45H66N2O6/c1-27(2)36-29(48)24-44(33(49)26-47-45(21-22-45)32-12-10-11-23-46-32)20-19-42(8)28(37(36)44)13-14-31-41(7)17-16-34(53-35(50)25-39(3,4)38(51)52)40(5,6)30(41)15-18-43(31,42)9/h10-12,23,27-28,30-31,33-34,47,49H,13-22,24-26H2,1-9H3,(H,51,52)/t28-,30+,31-,33?,34+,41+,42-,43-,44?/m1/s1. The highest BCUT2D eigenvalue weighted by molar-refractivity contribution is 6.00. The molecule has 6 aliphatic rings. The molecule has 9 atom stereocenters. The number of hydrogen-bond acceptors (Lipinski definition) is 7. The van der Waals surface area contributed by atoms with Gasteiger partial charge < -0.3 is 20.3 Å². The number of aliphatic carboxylic acids is 1. The van der Waals surface area contributed by atoms with E-state index in [4.69, 9.17) is 4.74 Å². The molecule has 0 spiro atoms. The first-order valence-corrected chi connectivity index (χ1v) is 20.7. The number of esters is 1. The zero-order valence-corrected chi connectivity index (χ0v) is 33.9. The number of carbonyl (C=O) groups is 3. The number of hydrogen-bond donors (Lipinski definition) is 3. The van der Waals surface area contributed by atoms with E-state index < -0.39 is 28.9 Å². The molecule has 0 radical (unpaired) electrons. The Hall–Kier alpha value is -2.58. The predicted octanol–water partition coefficient (Wildman–Crippen LogP) is 8.41. The van der Waals surface area contributed by atoms with Crippen LogP contribution in [0.4, 0.5) is 0 Å². The van der Waals surface area contributed by atoms with E-state index in [1.165, 1.54) is 5.57 Å². The summed E-state index contributed by atoms with van der Waals surface area (Å²) in [6.07, 6.45) is 11.1. The fourth-order valence-corrected chi connectivity index (χ4v) is 13.7. The van der Waals surface area contributed by atoms with Crippen LogP contribution in [-0.4, -0.2) is 51.7 Å². The number of aliphatic hydroxyl groups excluding tert-OH is 1. The Balaban J connectivity index is 1.15. The number of pyridine rings is 1. The van der Waals surface area contributed by atoms with Gasteiger partial charge in [0.1, 0.15) is 6.10 Å². The van der Waals surface area contributed by atoms with Crippen LogP contribution in [0.2, 0.25) is 0 Å². The second-order valence-electron chi connectivity index (χ2n) is 20.8. The summed E-state index contributed by atoms with van der Waals surface area (Å²) >= 11 is 0. The molecular weight excluding hydrogens is 665 g/mol. The van der Waals surface area contributed by atoms with E-state index in [2.05, 4.69) is 64.8 Å². The lowest BCUT2D eigenvalue weighted by Gasteiger charge is -2.72. The molecule has 7 rings (SSSR count). The van der Waals surface area contributed by atoms with E-state index in [0.717, 1.165) is 75.5 Å². The van der Waals surface area contributed by atoms with Crippen LogP contribution in [0, 0.1) is 56.2 Å². The van der Waals surface area contributed by atoms with E-state index in [-0.39, 0.29) is 57.3 Å². The molecule has 0 aromatic carbocycles. The van der Waals surface area contributed by atoms with Crippen molar-refractivity contribution in [2.45, 2.75) is 157 Å². The lowest BCUT2D eigenvalue weighted by atomic mass is 9.33. The number of Topliss-reactive ketones (excluding diaryl/α,β-unsaturated/α-hetero) is 1. The fraction of sp³-hybridized carbons (Fsp3) is 0.778. The van der Waals surface area contributed by atoms with Gasteiger partial charge in [-0.3, -0.25) is 19.4 Å². The number of nitrogens with zero attached hydrogens (tertiary/aromatic N) is 1. The van der Waals surface area contributed by atoms with Gasteiger partial charge in [0.15, 0.2) is 5.78 Å². The Morgan fingerprint density at radius 2 is 1.66 bits per heavy atom. The van der Waals surface area contributed by atoms with Crippen molar-refractivity contribution in [1.82, 2.24) is 10.3 Å². The molecule has 292 valence electrons. The highest BCUT2D eigenvalue weighted by Gasteiger charge is 2.71. The van der Waals surface area contributed by atoms with Gasteiger partial charge in [-0.1, -0.05) is 60.1 Å². The van der Waals surface area contributed by atoms with Crippen LogP contribution in [0.15, 0.2) is 35.5 Å². The van der Waals surface area contributed by atoms with Crippen LogP contribution in [0.1, 0.15) is 145 Å². The molecule has 3 N–H and O–H groups in total. The summed E-state index contributed by atoms with van der Waals surface area (Å²) in [5, 5.41) is 25.7. The maximum absolute atomic E-state index is 14.1. The Labute approximate surface area is 317 Å². The average molecular weight is 731 g/mol. The number of ketones is 1. The SMILES string of the molecule is CC(C)C1=C2[C@H]3CC[C@@H]4[C@@]5(C)CC[C@H](OC(=O)CC(C)(C)C(=O)O)C(C)(C)[C@@H]5CC[C@@]4(C)[C@]3(C)CCC2(C(O)CNC2(c3ccccn3)CC2)CC1=O. The molecule has 8 heteroatoms. The molecule has 5 saturated carbocycles. The molecule has 2 unspecified atom stereocenters. The first-order valence-electron chi connectivity index (χ1n) is 20.7. The summed E-state index contributed by atoms with van der Waals surface area (Å²) in [5.74, 6) is 0.0684. The minimum atomic E-state index is -1.16. The van der Waals surface area contributed by atoms with Gasteiger partial charge in [-0.15, -0.1) is 0 Å². The van der Waals surface area contributed by atoms with Gasteiger partial charge in [-0.05, 0) is 136 Å². The molecule has 1 aromatic rings. The van der Waals surface area contributed by atoms with Crippen LogP contribution < -0.4 is 5.32 Å². The highest BCUT2D eigenvalue weighted by Crippen LogP contribution is 2.77. The first kappa shape index (κ1) is 38.7. The molecule has 0 bridgehead atoms. The van der Waals surface area contributed by atoms with Crippen molar-refractivity contribution in [1.29, 1.82) is 0 Å². The number of rotatable bonds is 10. The Kier molecular flexibility index (Phi) is 9.29. The predicted molar refractivity (Wildman–Crippen MR) is 205 cm³/mol. The topological polar surface area (TPSA) is 126 Å². The van der Waals surface area contributed by atoms with Gasteiger partial charge in [0, 0.05) is 30.0 Å². The lowest BCUT2D eigenvalue weighted by Crippen LogP contribution is -2.66. The second-order valence-corrected chi connectivity index (χ2v) is 20.8. The first-order chi connectivity index (χ1) is 24.7. The largest absolute Gasteiger partial charge is 0.481 e. The molecule has 0 amide bonds. The fourth-order valence-electron chi connectivity index (χ4n) is 13.7. The van der Waals surface area contributed by atoms with Gasteiger partial charge in [-0.25, -0.2) is 0 Å². The number of carboxylic acid groups (broad SMARTS) is 1. The third-order valence-corrected chi connectivity index (χ3v) is 17.0. The lowest BCUT2D eigenvalue weighted by molar-refractivity contribution is -0.235. The smallest absolute Gasteiger partial charge is 0.309 e. The molecule has 6 aliphatic carbocycles. The Bertz CT molecular complexity index is 1680. The third-order valence-electron chi connectivity index (χ3n) is 17.0. The van der Waals surface area contributed by atoms with Crippen molar-refractivity contribution in [2.24, 2.45) is 56.2 Å². The molecule has 0 aliphatic heterocycles. The van der Waals surface area contributed by atoms with E-state index in [1.807, 2.05) is 18.3 Å². The summed E-state index contributed by atoms with van der Waals surface area (Å²) in [4.78, 5) is 43.7. The van der Waals surface area contributed by atoms with Crippen molar-refractivity contribution in [3.63, 3.8) is 0 Å². The maximum Gasteiger partial charge on any atom is 0.309 e. The van der Waals surface area contributed by atoms with Crippen molar-refractivity contribution in [3.05, 3.63) is 41.2 Å². The number of ether oxygens (including phenoxy) is 1. The number of nitrogens with one attached hydrogen (secondary N) is 1. The normalized spacial score (nSPS) is 39.0. The van der Waals surface area contributed by atoms with E-state index in [1.54, 1.807) is 13.8 Å². The van der Waals surface area contributed by atoms with Gasteiger partial charge in [0.2, 0.25) is 0 Å². The summed E-state index contributed by atoms with van der Waals surface area (Å²) < 4.78 is 6.18. The number of carbonyl (C=O) groups excluding carboxylic acids is 2. The summed E-state index contributed by atoms with van der Waals surface area (Å²) in [7, 11) is 0. The van der Waals surface area contributed by atoms with Crippen LogP contribution in [0.25, 0.3) is 0 Å². The summed E-state index contributed by atoms with van der Waals surface area (Å²) in [5.41, 5.74) is 1.33. The van der Waals surface area contributed by atoms with Crippen molar-refractivity contribution >= 4 is 17.7 Å². The van der Waals surface area contributed by atoms with E-state index in [9.17, 15) is 24.6 Å². The van der Waals surface area contributed by atoms with Gasteiger partial charge in [0.05, 0.1) is 29.2 Å². The van der Waals surface area contributed by atoms with Crippen LogP contribution in [-0.2, 0) is 24.7 Å². The molecule has 1 aromatic heterocycles. The number of aromatic nitrogens is 1. The van der Waals surface area contributed by atoms with Crippen molar-refractivity contribution < 1.29 is 29.3 Å². The average Bonchev–Trinajstić information content (AvgIpc) is 3.81. The number of carboxylic acids is 1. The highest BCUT2D eigenvalue weighted by atomic mass is 16.5. The molecule has 53 heavy (non-hydrogen) atoms. The Morgan fingerprint density at radius 3 is 2.28 bits per heavy atom. The van der Waals surface area contributed by atoms with E-state index >= 15 is 0 Å². The quantitative estimate of drug-likeness (QED) is 0.205. The molecule has 0 saturated heterocycles. The maximum atomic E-state index is 14.1. The number of allylic oxidation sites excluding steroid dienone is 1. The minimum Gasteiger partial charge on any atom is -0.481 e. The van der Waals surface area contributed by atoms with Crippen molar-refractivity contribution in [3.8, 4) is 0 Å². The minimum absolute atomic E-state index is 0.0117. The third kappa shape index (κ3) is 5.72. The van der Waals surface area contributed by atoms with Crippen LogP contribution in [0.5, 0.6) is 0 Å². The number of aliphatic hydroxyl groups is 1. The zero-order valence-electron chi connectivity index (χ0n) is 33.9. The summed E-state index contributed by atoms with van der Waals surface area (Å²) in [6.45, 7) is 20.1. The van der Waals surface area contributed by atoms with E-state index in [0.29, 0.717) is 24.8 Å². The Morgan fingerprint density at radius 1 is 0.943 bits per heavy atom. The molecule has 1 heterocycles. The van der Waals surface area contributed by atoms with Gasteiger partial charge >= 0.3 is 11.9 Å².